The molecule has 0 saturated carbocycles. The number of ether oxygens (including phenoxy) is 4. The highest BCUT2D eigenvalue weighted by atomic mass is 33.1. The number of alkyl carbamates (subject to hydrolysis) is 2. The van der Waals surface area contributed by atoms with Gasteiger partial charge in [0.25, 0.3) is 0 Å². The summed E-state index contributed by atoms with van der Waals surface area (Å²) < 4.78 is 19.1. The van der Waals surface area contributed by atoms with E-state index in [4.69, 9.17) is 9.47 Å². The molecule has 0 rings (SSSR count). The number of rotatable bonds is 11. The largest absolute Gasteiger partial charge is 0.468 e. The van der Waals surface area contributed by atoms with E-state index in [1.54, 1.807) is 20.8 Å². The Bertz CT molecular complexity index is 721. The van der Waals surface area contributed by atoms with E-state index in [2.05, 4.69) is 25.4 Å². The van der Waals surface area contributed by atoms with Gasteiger partial charge in [0, 0.05) is 10.5 Å². The lowest BCUT2D eigenvalue weighted by Gasteiger charge is -2.23. The molecular weight excluding hydrogens is 490 g/mol. The predicted octanol–water partition coefficient (Wildman–Crippen LogP) is 1.62. The Morgan fingerprint density at radius 3 is 1.94 bits per heavy atom. The normalized spacial score (nSPS) is 13.1. The summed E-state index contributed by atoms with van der Waals surface area (Å²) in [6.45, 7) is 9.96. The van der Waals surface area contributed by atoms with Gasteiger partial charge in [-0.3, -0.25) is 9.59 Å². The van der Waals surface area contributed by atoms with Crippen molar-refractivity contribution in [2.45, 2.75) is 64.0 Å². The van der Waals surface area contributed by atoms with E-state index in [0.717, 1.165) is 7.11 Å². The molecule has 0 radical (unpaired) electrons. The van der Waals surface area contributed by atoms with Crippen LogP contribution in [0, 0.1) is 0 Å². The summed E-state index contributed by atoms with van der Waals surface area (Å²) in [6, 6.07) is -2.38. The highest BCUT2D eigenvalue weighted by molar-refractivity contribution is 8.77. The molecule has 0 bridgehead atoms. The molecule has 196 valence electrons. The lowest BCUT2D eigenvalue weighted by molar-refractivity contribution is -0.144. The molecule has 14 heteroatoms. The topological polar surface area (TPSA) is 158 Å². The van der Waals surface area contributed by atoms with Crippen LogP contribution in [0.15, 0.2) is 0 Å². The lowest BCUT2D eigenvalue weighted by atomic mass is 10.2. The highest BCUT2D eigenvalue weighted by Gasteiger charge is 2.28. The molecule has 0 spiro atoms. The number of hydrogen-bond donors (Lipinski definition) is 3. The van der Waals surface area contributed by atoms with Crippen LogP contribution >= 0.6 is 21.6 Å². The SMILES string of the molecule is COC(=O)CNC(=O)[C@H](CSSC(C)(C)C)NC(=O)OC[C@H](NC(=O)OC(C)(C)C)C(=O)OC. The maximum absolute atomic E-state index is 12.5. The third kappa shape index (κ3) is 15.5. The number of carbonyl (C=O) groups is 5. The number of esters is 2. The molecule has 0 fully saturated rings. The van der Waals surface area contributed by atoms with Gasteiger partial charge in [0.1, 0.15) is 24.8 Å². The van der Waals surface area contributed by atoms with Gasteiger partial charge in [0.15, 0.2) is 6.04 Å². The van der Waals surface area contributed by atoms with Crippen molar-refractivity contribution in [1.82, 2.24) is 16.0 Å². The van der Waals surface area contributed by atoms with Gasteiger partial charge in [-0.25, -0.2) is 14.4 Å². The third-order valence-corrected chi connectivity index (χ3v) is 6.69. The Kier molecular flexibility index (Phi) is 13.8. The van der Waals surface area contributed by atoms with Crippen LogP contribution < -0.4 is 16.0 Å². The smallest absolute Gasteiger partial charge is 0.408 e. The Balaban J connectivity index is 5.08. The lowest BCUT2D eigenvalue weighted by Crippen LogP contribution is -2.51. The summed E-state index contributed by atoms with van der Waals surface area (Å²) in [5.41, 5.74) is -0.809. The van der Waals surface area contributed by atoms with Gasteiger partial charge >= 0.3 is 24.1 Å². The van der Waals surface area contributed by atoms with Crippen LogP contribution in [0.1, 0.15) is 41.5 Å². The van der Waals surface area contributed by atoms with Crippen LogP contribution in [-0.4, -0.2) is 85.6 Å². The molecule has 3 amide bonds. The van der Waals surface area contributed by atoms with Gasteiger partial charge in [-0.1, -0.05) is 42.4 Å². The number of amides is 3. The first-order valence-corrected chi connectivity index (χ1v) is 12.6. The standard InChI is InChI=1S/C20H35N3O9S2/c1-19(2,3)32-18(28)22-12(16(26)30-8)10-31-17(27)23-13(11-33-34-20(4,5)6)15(25)21-9-14(24)29-7/h12-13H,9-11H2,1-8H3,(H,21,25)(H,22,28)(H,23,27)/t12-,13-/m0/s1. The molecule has 0 aliphatic heterocycles. The summed E-state index contributed by atoms with van der Waals surface area (Å²) in [6.07, 6.45) is -1.91. The first-order chi connectivity index (χ1) is 15.6. The van der Waals surface area contributed by atoms with Gasteiger partial charge in [-0.05, 0) is 20.8 Å². The number of nitrogens with one attached hydrogen (secondary N) is 3. The molecule has 0 unspecified atom stereocenters. The summed E-state index contributed by atoms with van der Waals surface area (Å²) >= 11 is 0. The fourth-order valence-corrected chi connectivity index (χ4v) is 4.39. The van der Waals surface area contributed by atoms with Gasteiger partial charge in [0.2, 0.25) is 5.91 Å². The summed E-state index contributed by atoms with van der Waals surface area (Å²) in [5, 5.41) is 7.03. The molecular formula is C20H35N3O9S2. The summed E-state index contributed by atoms with van der Waals surface area (Å²) in [7, 11) is 5.14. The van der Waals surface area contributed by atoms with Gasteiger partial charge in [-0.2, -0.15) is 0 Å². The van der Waals surface area contributed by atoms with Crippen LogP contribution in [0.2, 0.25) is 0 Å². The van der Waals surface area contributed by atoms with Crippen molar-refractivity contribution in [2.75, 3.05) is 33.1 Å². The number of hydrogen-bond acceptors (Lipinski definition) is 11. The quantitative estimate of drug-likeness (QED) is 0.204. The molecule has 0 saturated heterocycles. The molecule has 0 heterocycles. The molecule has 0 aromatic heterocycles. The monoisotopic (exact) mass is 525 g/mol. The van der Waals surface area contributed by atoms with E-state index < -0.39 is 54.3 Å². The van der Waals surface area contributed by atoms with E-state index in [0.29, 0.717) is 0 Å². The first kappa shape index (κ1) is 31.6. The van der Waals surface area contributed by atoms with Crippen molar-refractivity contribution in [2.24, 2.45) is 0 Å². The average Bonchev–Trinajstić information content (AvgIpc) is 2.71. The highest BCUT2D eigenvalue weighted by Crippen LogP contribution is 2.35. The van der Waals surface area contributed by atoms with E-state index in [-0.39, 0.29) is 17.0 Å². The fourth-order valence-electron chi connectivity index (χ4n) is 1.92. The molecule has 12 nitrogen and oxygen atoms in total. The minimum absolute atomic E-state index is 0.0979. The second-order valence-electron chi connectivity index (χ2n) is 8.79. The fraction of sp³-hybridized carbons (Fsp3) is 0.750. The Morgan fingerprint density at radius 2 is 1.44 bits per heavy atom. The first-order valence-electron chi connectivity index (χ1n) is 10.2. The van der Waals surface area contributed by atoms with Gasteiger partial charge in [0.05, 0.1) is 14.2 Å². The van der Waals surface area contributed by atoms with Crippen molar-refractivity contribution in [3.63, 3.8) is 0 Å². The van der Waals surface area contributed by atoms with Crippen LogP contribution in [0.25, 0.3) is 0 Å². The molecule has 2 atom stereocenters. The molecule has 3 N–H and O–H groups in total. The Labute approximate surface area is 207 Å². The second kappa shape index (κ2) is 14.8. The van der Waals surface area contributed by atoms with Gasteiger partial charge < -0.3 is 34.9 Å². The maximum Gasteiger partial charge on any atom is 0.408 e. The van der Waals surface area contributed by atoms with Gasteiger partial charge in [-0.15, -0.1) is 0 Å². The average molecular weight is 526 g/mol. The van der Waals surface area contributed by atoms with Crippen LogP contribution in [0.5, 0.6) is 0 Å². The zero-order valence-electron chi connectivity index (χ0n) is 20.8. The molecule has 0 aromatic carbocycles. The van der Waals surface area contributed by atoms with Crippen molar-refractivity contribution in [1.29, 1.82) is 0 Å². The minimum Gasteiger partial charge on any atom is -0.468 e. The summed E-state index contributed by atoms with van der Waals surface area (Å²) in [5.74, 6) is -1.97. The zero-order chi connectivity index (χ0) is 26.5. The van der Waals surface area contributed by atoms with Crippen molar-refractivity contribution < 1.29 is 42.9 Å². The molecule has 0 aliphatic rings. The maximum atomic E-state index is 12.5. The van der Waals surface area contributed by atoms with E-state index in [1.165, 1.54) is 28.7 Å². The summed E-state index contributed by atoms with van der Waals surface area (Å²) in [4.78, 5) is 60.0. The van der Waals surface area contributed by atoms with E-state index in [9.17, 15) is 24.0 Å². The molecule has 34 heavy (non-hydrogen) atoms. The van der Waals surface area contributed by atoms with Crippen molar-refractivity contribution >= 4 is 51.6 Å². The molecule has 0 aromatic rings. The third-order valence-electron chi connectivity index (χ3n) is 3.34. The van der Waals surface area contributed by atoms with Crippen molar-refractivity contribution in [3.8, 4) is 0 Å². The minimum atomic E-state index is -1.33. The van der Waals surface area contributed by atoms with Crippen LogP contribution in [0.3, 0.4) is 0 Å². The van der Waals surface area contributed by atoms with E-state index in [1.807, 2.05) is 20.8 Å². The predicted molar refractivity (Wildman–Crippen MR) is 128 cm³/mol. The van der Waals surface area contributed by atoms with Crippen molar-refractivity contribution in [3.05, 3.63) is 0 Å². The van der Waals surface area contributed by atoms with Crippen LogP contribution in [0.4, 0.5) is 9.59 Å². The Hall–Kier alpha value is -2.35. The second-order valence-corrected chi connectivity index (χ2v) is 12.0. The molecule has 0 aliphatic carbocycles. The number of carbonyl (C=O) groups excluding carboxylic acids is 5. The van der Waals surface area contributed by atoms with Crippen LogP contribution in [-0.2, 0) is 33.3 Å². The zero-order valence-corrected chi connectivity index (χ0v) is 22.4. The Morgan fingerprint density at radius 1 is 0.853 bits per heavy atom. The number of methoxy groups -OCH3 is 2. The van der Waals surface area contributed by atoms with E-state index >= 15 is 0 Å².